The molecule has 3 rings (SSSR count). The Hall–Kier alpha value is -2.08. The van der Waals surface area contributed by atoms with Crippen LogP contribution in [0.15, 0.2) is 41.6 Å². The maximum Gasteiger partial charge on any atom is 0.325 e. The molecule has 2 aromatic rings. The predicted octanol–water partition coefficient (Wildman–Crippen LogP) is 3.33. The van der Waals surface area contributed by atoms with E-state index in [9.17, 15) is 8.42 Å². The van der Waals surface area contributed by atoms with Crippen molar-refractivity contribution in [3.05, 3.63) is 42.0 Å². The number of oxime groups is 1. The lowest BCUT2D eigenvalue weighted by Gasteiger charge is -2.17. The van der Waals surface area contributed by atoms with Gasteiger partial charge in [0.15, 0.2) is 0 Å². The first kappa shape index (κ1) is 15.8. The smallest absolute Gasteiger partial charge is 0.325 e. The Labute approximate surface area is 136 Å². The van der Waals surface area contributed by atoms with Crippen LogP contribution >= 0.6 is 0 Å². The first-order valence-corrected chi connectivity index (χ1v) is 9.37. The van der Waals surface area contributed by atoms with E-state index in [1.807, 2.05) is 36.4 Å². The molecule has 0 spiro atoms. The molecule has 2 atom stereocenters. The van der Waals surface area contributed by atoms with Crippen molar-refractivity contribution in [1.29, 1.82) is 0 Å². The number of rotatable bonds is 4. The Morgan fingerprint density at radius 2 is 2.00 bits per heavy atom. The molecule has 0 aromatic heterocycles. The van der Waals surface area contributed by atoms with Crippen LogP contribution in [-0.4, -0.2) is 26.5 Å². The van der Waals surface area contributed by atoms with Gasteiger partial charge < -0.3 is 4.74 Å². The molecular weight excluding hydrogens is 314 g/mol. The normalized spacial score (nSPS) is 20.3. The Morgan fingerprint density at radius 1 is 1.26 bits per heavy atom. The van der Waals surface area contributed by atoms with Crippen molar-refractivity contribution in [3.8, 4) is 5.75 Å². The van der Waals surface area contributed by atoms with E-state index in [0.29, 0.717) is 11.5 Å². The summed E-state index contributed by atoms with van der Waals surface area (Å²) >= 11 is 0. The molecule has 0 saturated heterocycles. The van der Waals surface area contributed by atoms with Crippen molar-refractivity contribution in [2.45, 2.75) is 26.4 Å². The topological polar surface area (TPSA) is 65.0 Å². The molecule has 1 aliphatic rings. The Balaban J connectivity index is 2.19. The summed E-state index contributed by atoms with van der Waals surface area (Å²) in [6.45, 7) is 4.11. The van der Waals surface area contributed by atoms with E-state index in [0.717, 1.165) is 29.0 Å². The molecule has 0 amide bonds. The summed E-state index contributed by atoms with van der Waals surface area (Å²) in [5.74, 6) is 0.896. The number of hydrogen-bond acceptors (Lipinski definition) is 5. The summed E-state index contributed by atoms with van der Waals surface area (Å²) in [5, 5.41) is 5.97. The van der Waals surface area contributed by atoms with Crippen molar-refractivity contribution < 1.29 is 17.4 Å². The molecule has 2 unspecified atom stereocenters. The third kappa shape index (κ3) is 3.03. The molecule has 23 heavy (non-hydrogen) atoms. The molecule has 0 radical (unpaired) electrons. The number of nitrogens with zero attached hydrogens (tertiary/aromatic N) is 1. The molecule has 1 heterocycles. The maximum absolute atomic E-state index is 11.3. The van der Waals surface area contributed by atoms with Crippen LogP contribution in [0.3, 0.4) is 0 Å². The van der Waals surface area contributed by atoms with E-state index in [2.05, 4.69) is 19.0 Å². The fraction of sp³-hybridized carbons (Fsp3) is 0.353. The van der Waals surface area contributed by atoms with Crippen LogP contribution in [0, 0.1) is 5.92 Å². The van der Waals surface area contributed by atoms with Crippen molar-refractivity contribution in [1.82, 2.24) is 0 Å². The highest BCUT2D eigenvalue weighted by Gasteiger charge is 2.36. The molecule has 0 bridgehead atoms. The van der Waals surface area contributed by atoms with Crippen LogP contribution in [0.5, 0.6) is 5.75 Å². The van der Waals surface area contributed by atoms with E-state index in [1.54, 1.807) is 0 Å². The van der Waals surface area contributed by atoms with Gasteiger partial charge >= 0.3 is 10.1 Å². The zero-order valence-electron chi connectivity index (χ0n) is 13.3. The van der Waals surface area contributed by atoms with E-state index in [4.69, 9.17) is 9.02 Å². The monoisotopic (exact) mass is 333 g/mol. The zero-order chi connectivity index (χ0) is 16.6. The Morgan fingerprint density at radius 3 is 2.70 bits per heavy atom. The average molecular weight is 333 g/mol. The second kappa shape index (κ2) is 5.85. The first-order valence-electron chi connectivity index (χ1n) is 7.56. The van der Waals surface area contributed by atoms with Crippen LogP contribution in [0.1, 0.15) is 25.8 Å². The zero-order valence-corrected chi connectivity index (χ0v) is 14.1. The first-order chi connectivity index (χ1) is 10.9. The Bertz CT molecular complexity index is 873. The SMILES string of the molecule is CCC(C)C1Oc2ccc3ccccc3c2/C1=N/OS(C)(=O)=O. The Kier molecular flexibility index (Phi) is 4.02. The molecule has 5 nitrogen and oxygen atoms in total. The second-order valence-electron chi connectivity index (χ2n) is 5.84. The van der Waals surface area contributed by atoms with Crippen LogP contribution in [0.4, 0.5) is 0 Å². The number of hydrogen-bond donors (Lipinski definition) is 0. The summed E-state index contributed by atoms with van der Waals surface area (Å²) in [4.78, 5) is 0. The van der Waals surface area contributed by atoms with Crippen LogP contribution in [0.2, 0.25) is 0 Å². The van der Waals surface area contributed by atoms with Crippen molar-refractivity contribution in [3.63, 3.8) is 0 Å². The van der Waals surface area contributed by atoms with Gasteiger partial charge in [-0.2, -0.15) is 8.42 Å². The van der Waals surface area contributed by atoms with Gasteiger partial charge in [0.1, 0.15) is 17.6 Å². The molecule has 0 saturated carbocycles. The predicted molar refractivity (Wildman–Crippen MR) is 90.3 cm³/mol. The molecule has 0 N–H and O–H groups in total. The summed E-state index contributed by atoms with van der Waals surface area (Å²) in [6.07, 6.45) is 1.55. The third-order valence-corrected chi connectivity index (χ3v) is 4.45. The van der Waals surface area contributed by atoms with Gasteiger partial charge in [-0.05, 0) is 29.2 Å². The molecule has 122 valence electrons. The highest BCUT2D eigenvalue weighted by Crippen LogP contribution is 2.38. The molecule has 0 aliphatic carbocycles. The van der Waals surface area contributed by atoms with Gasteiger partial charge in [0, 0.05) is 0 Å². The lowest BCUT2D eigenvalue weighted by Crippen LogP contribution is -2.29. The quantitative estimate of drug-likeness (QED) is 0.805. The van der Waals surface area contributed by atoms with Gasteiger partial charge in [0.2, 0.25) is 0 Å². The largest absolute Gasteiger partial charge is 0.483 e. The minimum absolute atomic E-state index is 0.183. The fourth-order valence-electron chi connectivity index (χ4n) is 2.75. The summed E-state index contributed by atoms with van der Waals surface area (Å²) < 4.78 is 33.4. The summed E-state index contributed by atoms with van der Waals surface area (Å²) in [5.41, 5.74) is 1.36. The van der Waals surface area contributed by atoms with Crippen molar-refractivity contribution in [2.75, 3.05) is 6.26 Å². The van der Waals surface area contributed by atoms with E-state index in [1.165, 1.54) is 0 Å². The van der Waals surface area contributed by atoms with E-state index >= 15 is 0 Å². The van der Waals surface area contributed by atoms with Gasteiger partial charge in [-0.3, -0.25) is 4.28 Å². The summed E-state index contributed by atoms with van der Waals surface area (Å²) in [6, 6.07) is 11.8. The fourth-order valence-corrected chi connectivity index (χ4v) is 2.97. The van der Waals surface area contributed by atoms with Crippen LogP contribution in [-0.2, 0) is 14.4 Å². The van der Waals surface area contributed by atoms with E-state index in [-0.39, 0.29) is 12.0 Å². The van der Waals surface area contributed by atoms with Crippen molar-refractivity contribution in [2.24, 2.45) is 11.1 Å². The van der Waals surface area contributed by atoms with Crippen LogP contribution < -0.4 is 4.74 Å². The molecule has 0 fully saturated rings. The van der Waals surface area contributed by atoms with Gasteiger partial charge in [0.05, 0.1) is 11.8 Å². The molecular formula is C17H19NO4S. The highest BCUT2D eigenvalue weighted by molar-refractivity contribution is 7.85. The van der Waals surface area contributed by atoms with Crippen LogP contribution in [0.25, 0.3) is 10.8 Å². The lowest BCUT2D eigenvalue weighted by molar-refractivity contribution is 0.211. The number of ether oxygens (including phenoxy) is 1. The minimum atomic E-state index is -3.67. The van der Waals surface area contributed by atoms with E-state index < -0.39 is 10.1 Å². The van der Waals surface area contributed by atoms with Gasteiger partial charge in [0.25, 0.3) is 0 Å². The summed E-state index contributed by atoms with van der Waals surface area (Å²) in [7, 11) is -3.67. The van der Waals surface area contributed by atoms with Gasteiger partial charge in [-0.25, -0.2) is 0 Å². The van der Waals surface area contributed by atoms with Gasteiger partial charge in [-0.1, -0.05) is 49.3 Å². The highest BCUT2D eigenvalue weighted by atomic mass is 32.2. The average Bonchev–Trinajstić information content (AvgIpc) is 2.90. The molecule has 1 aliphatic heterocycles. The second-order valence-corrected chi connectivity index (χ2v) is 7.40. The number of benzene rings is 2. The lowest BCUT2D eigenvalue weighted by atomic mass is 9.93. The maximum atomic E-state index is 11.3. The minimum Gasteiger partial charge on any atom is -0.483 e. The van der Waals surface area contributed by atoms with Crippen molar-refractivity contribution >= 4 is 26.6 Å². The molecule has 2 aromatic carbocycles. The molecule has 6 heteroatoms. The standard InChI is InChI=1S/C17H19NO4S/c1-4-11(2)17-16(18-22-23(3,19)20)15-13-8-6-5-7-12(13)9-10-14(15)21-17/h5-11,17H,4H2,1-3H3/b18-16-. The third-order valence-electron chi connectivity index (χ3n) is 4.10. The van der Waals surface area contributed by atoms with Gasteiger partial charge in [-0.15, -0.1) is 0 Å². The number of fused-ring (bicyclic) bond motifs is 3.